The first kappa shape index (κ1) is 38.8. The Morgan fingerprint density at radius 1 is 0.933 bits per heavy atom. The Morgan fingerprint density at radius 2 is 1.62 bits per heavy atom. The molecule has 1 fully saturated rings. The van der Waals surface area contributed by atoms with Crippen molar-refractivity contribution in [1.29, 1.82) is 0 Å². The van der Waals surface area contributed by atoms with E-state index in [4.69, 9.17) is 35.2 Å². The number of esters is 1. The maximum absolute atomic E-state index is 13.5. The Balaban J connectivity index is 2.25. The van der Waals surface area contributed by atoms with Gasteiger partial charge in [-0.3, -0.25) is 9.59 Å². The molecular formula is C35H61N3O7. The second kappa shape index (κ2) is 20.0. The fraction of sp³-hybridized carbons (Fsp3) is 0.771. The third-order valence-electron chi connectivity index (χ3n) is 8.92. The number of nitrogens with two attached hydrogens (primary N) is 2. The summed E-state index contributed by atoms with van der Waals surface area (Å²) >= 11 is 0. The Labute approximate surface area is 271 Å². The number of benzene rings is 1. The third kappa shape index (κ3) is 13.1. The fourth-order valence-electron chi connectivity index (χ4n) is 5.63. The Hall–Kier alpha value is -2.40. The fourth-order valence-corrected chi connectivity index (χ4v) is 5.63. The minimum absolute atomic E-state index is 0.0273. The van der Waals surface area contributed by atoms with Gasteiger partial charge in [0.1, 0.15) is 12.1 Å². The average molecular weight is 636 g/mol. The van der Waals surface area contributed by atoms with E-state index in [9.17, 15) is 9.59 Å². The van der Waals surface area contributed by atoms with Crippen LogP contribution in [0.2, 0.25) is 0 Å². The molecule has 258 valence electrons. The zero-order valence-corrected chi connectivity index (χ0v) is 29.0. The first-order valence-electron chi connectivity index (χ1n) is 16.8. The van der Waals surface area contributed by atoms with Gasteiger partial charge in [-0.1, -0.05) is 47.6 Å². The van der Waals surface area contributed by atoms with Crippen LogP contribution >= 0.6 is 0 Å². The summed E-state index contributed by atoms with van der Waals surface area (Å²) in [7, 11) is 3.31. The summed E-state index contributed by atoms with van der Waals surface area (Å²) in [5, 5.41) is 3.21. The van der Waals surface area contributed by atoms with Crippen molar-refractivity contribution in [2.24, 2.45) is 41.1 Å². The number of hydrogen-bond acceptors (Lipinski definition) is 9. The summed E-state index contributed by atoms with van der Waals surface area (Å²) in [5.41, 5.74) is 14.2. The SMILES string of the molecule is COCCCOc1cc(C[C@@H](C[C@H](N)[C@H](C[C@H](C(=O)NC2CCOCC2)C(C)C)OC(=O)[C@@H](N)C(C)C)C(C)C)ccc1OC. The van der Waals surface area contributed by atoms with E-state index < -0.39 is 24.2 Å². The second-order valence-corrected chi connectivity index (χ2v) is 13.5. The lowest BCUT2D eigenvalue weighted by Crippen LogP contribution is -2.49. The van der Waals surface area contributed by atoms with Gasteiger partial charge in [0.2, 0.25) is 5.91 Å². The monoisotopic (exact) mass is 635 g/mol. The molecule has 45 heavy (non-hydrogen) atoms. The highest BCUT2D eigenvalue weighted by molar-refractivity contribution is 5.79. The zero-order chi connectivity index (χ0) is 33.5. The van der Waals surface area contributed by atoms with Gasteiger partial charge in [-0.25, -0.2) is 0 Å². The van der Waals surface area contributed by atoms with Gasteiger partial charge in [0.05, 0.1) is 13.7 Å². The summed E-state index contributed by atoms with van der Waals surface area (Å²) in [6.45, 7) is 14.6. The lowest BCUT2D eigenvalue weighted by Gasteiger charge is -2.34. The van der Waals surface area contributed by atoms with Crippen molar-refractivity contribution in [3.05, 3.63) is 23.8 Å². The number of hydrogen-bond donors (Lipinski definition) is 3. The average Bonchev–Trinajstić information content (AvgIpc) is 3.00. The lowest BCUT2D eigenvalue weighted by molar-refractivity contribution is -0.155. The summed E-state index contributed by atoms with van der Waals surface area (Å²) in [4.78, 5) is 26.6. The molecule has 0 unspecified atom stereocenters. The van der Waals surface area contributed by atoms with Gasteiger partial charge < -0.3 is 40.5 Å². The van der Waals surface area contributed by atoms with E-state index in [2.05, 4.69) is 25.2 Å². The molecule has 5 atom stereocenters. The van der Waals surface area contributed by atoms with Gasteiger partial charge in [0.25, 0.3) is 0 Å². The van der Waals surface area contributed by atoms with E-state index in [0.717, 1.165) is 31.2 Å². The minimum Gasteiger partial charge on any atom is -0.493 e. The van der Waals surface area contributed by atoms with Crippen molar-refractivity contribution in [1.82, 2.24) is 5.32 Å². The molecule has 0 aromatic heterocycles. The van der Waals surface area contributed by atoms with Crippen molar-refractivity contribution in [2.75, 3.05) is 40.6 Å². The van der Waals surface area contributed by atoms with Crippen molar-refractivity contribution in [3.63, 3.8) is 0 Å². The van der Waals surface area contributed by atoms with Crippen molar-refractivity contribution < 1.29 is 33.3 Å². The lowest BCUT2D eigenvalue weighted by atomic mass is 9.80. The maximum atomic E-state index is 13.5. The normalized spacial score (nSPS) is 17.5. The van der Waals surface area contributed by atoms with Crippen LogP contribution in [0.3, 0.4) is 0 Å². The van der Waals surface area contributed by atoms with Crippen LogP contribution in [0.25, 0.3) is 0 Å². The molecule has 0 saturated carbocycles. The summed E-state index contributed by atoms with van der Waals surface area (Å²) < 4.78 is 28.2. The molecular weight excluding hydrogens is 574 g/mol. The van der Waals surface area contributed by atoms with Gasteiger partial charge in [0, 0.05) is 51.4 Å². The van der Waals surface area contributed by atoms with Crippen LogP contribution in [-0.2, 0) is 30.2 Å². The van der Waals surface area contributed by atoms with Crippen LogP contribution in [-0.4, -0.2) is 76.8 Å². The van der Waals surface area contributed by atoms with E-state index in [-0.39, 0.29) is 35.6 Å². The molecule has 1 aromatic carbocycles. The molecule has 0 bridgehead atoms. The van der Waals surface area contributed by atoms with Gasteiger partial charge in [-0.15, -0.1) is 0 Å². The number of carbonyl (C=O) groups is 2. The third-order valence-corrected chi connectivity index (χ3v) is 8.92. The molecule has 0 aliphatic carbocycles. The highest BCUT2D eigenvalue weighted by Crippen LogP contribution is 2.32. The summed E-state index contributed by atoms with van der Waals surface area (Å²) in [5.74, 6) is 0.919. The standard InChI is InChI=1S/C35H61N3O7/c1-22(2)26(18-25-10-11-30(42-8)32(19-25)44-15-9-14-41-7)20-29(36)31(45-35(40)33(37)24(5)6)21-28(23(3)4)34(39)38-27-12-16-43-17-13-27/h10-11,19,22-24,26-29,31,33H,9,12-18,20-21,36-37H2,1-8H3,(H,38,39)/t26-,28-,29-,31-,33-/m0/s1. The van der Waals surface area contributed by atoms with Crippen molar-refractivity contribution in [2.45, 2.75) is 104 Å². The quantitative estimate of drug-likeness (QED) is 0.139. The summed E-state index contributed by atoms with van der Waals surface area (Å²) in [6, 6.07) is 4.84. The Bertz CT molecular complexity index is 1010. The first-order valence-corrected chi connectivity index (χ1v) is 16.8. The number of rotatable bonds is 20. The molecule has 2 rings (SSSR count). The number of nitrogens with one attached hydrogen (secondary N) is 1. The van der Waals surface area contributed by atoms with Gasteiger partial charge in [0.15, 0.2) is 11.5 Å². The molecule has 1 heterocycles. The number of amides is 1. The first-order chi connectivity index (χ1) is 21.4. The number of carbonyl (C=O) groups excluding carboxylic acids is 2. The molecule has 1 saturated heterocycles. The maximum Gasteiger partial charge on any atom is 0.323 e. The van der Waals surface area contributed by atoms with Crippen LogP contribution in [0, 0.1) is 29.6 Å². The number of methoxy groups -OCH3 is 2. The van der Waals surface area contributed by atoms with E-state index >= 15 is 0 Å². The Kier molecular flexibility index (Phi) is 17.2. The molecule has 10 nitrogen and oxygen atoms in total. The molecule has 1 aromatic rings. The minimum atomic E-state index is -0.768. The predicted molar refractivity (Wildman–Crippen MR) is 177 cm³/mol. The molecule has 1 amide bonds. The molecule has 1 aliphatic rings. The van der Waals surface area contributed by atoms with Crippen LogP contribution in [0.5, 0.6) is 11.5 Å². The van der Waals surface area contributed by atoms with Gasteiger partial charge >= 0.3 is 5.97 Å². The van der Waals surface area contributed by atoms with E-state index in [0.29, 0.717) is 56.7 Å². The van der Waals surface area contributed by atoms with Crippen LogP contribution in [0.1, 0.15) is 79.2 Å². The van der Waals surface area contributed by atoms with Crippen molar-refractivity contribution in [3.8, 4) is 11.5 Å². The van der Waals surface area contributed by atoms with Crippen LogP contribution in [0.15, 0.2) is 18.2 Å². The summed E-state index contributed by atoms with van der Waals surface area (Å²) in [6.07, 6.45) is 3.39. The number of ether oxygens (including phenoxy) is 5. The van der Waals surface area contributed by atoms with Crippen LogP contribution < -0.4 is 26.3 Å². The second-order valence-electron chi connectivity index (χ2n) is 13.5. The smallest absolute Gasteiger partial charge is 0.323 e. The molecule has 5 N–H and O–H groups in total. The highest BCUT2D eigenvalue weighted by Gasteiger charge is 2.35. The highest BCUT2D eigenvalue weighted by atomic mass is 16.5. The van der Waals surface area contributed by atoms with Crippen LogP contribution in [0.4, 0.5) is 0 Å². The Morgan fingerprint density at radius 3 is 2.20 bits per heavy atom. The van der Waals surface area contributed by atoms with E-state index in [1.807, 2.05) is 39.8 Å². The van der Waals surface area contributed by atoms with Gasteiger partial charge in [-0.2, -0.15) is 0 Å². The molecule has 0 spiro atoms. The topological polar surface area (TPSA) is 144 Å². The van der Waals surface area contributed by atoms with E-state index in [1.54, 1.807) is 14.2 Å². The zero-order valence-electron chi connectivity index (χ0n) is 29.0. The molecule has 0 radical (unpaired) electrons. The van der Waals surface area contributed by atoms with Gasteiger partial charge in [-0.05, 0) is 73.5 Å². The van der Waals surface area contributed by atoms with E-state index in [1.165, 1.54) is 0 Å². The van der Waals surface area contributed by atoms with Crippen molar-refractivity contribution >= 4 is 11.9 Å². The predicted octanol–water partition coefficient (Wildman–Crippen LogP) is 4.50. The molecule has 10 heteroatoms. The largest absolute Gasteiger partial charge is 0.493 e. The molecule has 1 aliphatic heterocycles.